The van der Waals surface area contributed by atoms with Gasteiger partial charge in [0, 0.05) is 29.1 Å². The maximum absolute atomic E-state index is 12.1. The van der Waals surface area contributed by atoms with Crippen LogP contribution < -0.4 is 15.4 Å². The van der Waals surface area contributed by atoms with Crippen LogP contribution in [0.4, 0.5) is 17.3 Å². The molecule has 0 bridgehead atoms. The van der Waals surface area contributed by atoms with Gasteiger partial charge in [0.15, 0.2) is 0 Å². The Hall–Kier alpha value is -3.67. The van der Waals surface area contributed by atoms with Gasteiger partial charge in [0.25, 0.3) is 0 Å². The van der Waals surface area contributed by atoms with E-state index in [1.807, 2.05) is 48.5 Å². The largest absolute Gasteiger partial charge is 0.466 e. The molecule has 26 heavy (non-hydrogen) atoms. The minimum Gasteiger partial charge on any atom is -0.466 e. The first-order valence-electron chi connectivity index (χ1n) is 8.13. The lowest BCUT2D eigenvalue weighted by atomic mass is 10.1. The summed E-state index contributed by atoms with van der Waals surface area (Å²) in [6.45, 7) is 3.55. The van der Waals surface area contributed by atoms with Crippen molar-refractivity contribution in [1.82, 2.24) is 9.97 Å². The lowest BCUT2D eigenvalue weighted by Crippen LogP contribution is -2.12. The number of carbonyl (C=O) groups excluding carboxylic acids is 1. The zero-order chi connectivity index (χ0) is 17.9. The third kappa shape index (κ3) is 3.12. The summed E-state index contributed by atoms with van der Waals surface area (Å²) >= 11 is 0. The summed E-state index contributed by atoms with van der Waals surface area (Å²) < 4.78 is 5.29. The molecule has 2 N–H and O–H groups in total. The van der Waals surface area contributed by atoms with E-state index in [2.05, 4.69) is 27.2 Å². The number of benzene rings is 2. The first-order valence-corrected chi connectivity index (χ1v) is 8.13. The summed E-state index contributed by atoms with van der Waals surface area (Å²) in [4.78, 5) is 21.1. The third-order valence-electron chi connectivity index (χ3n) is 3.98. The van der Waals surface area contributed by atoms with Gasteiger partial charge in [-0.15, -0.1) is 0 Å². The van der Waals surface area contributed by atoms with Crippen molar-refractivity contribution in [3.63, 3.8) is 0 Å². The molecule has 0 aliphatic carbocycles. The molecule has 0 spiro atoms. The topological polar surface area (TPSA) is 76.1 Å². The number of nitrogens with zero attached hydrogens (tertiary/aromatic N) is 2. The van der Waals surface area contributed by atoms with Crippen LogP contribution in [0.5, 0.6) is 5.75 Å². The number of amides is 1. The fraction of sp³-hybridized carbons (Fsp3) is 0.0500. The molecule has 1 aliphatic rings. The van der Waals surface area contributed by atoms with Gasteiger partial charge >= 0.3 is 0 Å². The van der Waals surface area contributed by atoms with E-state index < -0.39 is 0 Å². The molecule has 1 aliphatic heterocycles. The molecule has 4 rings (SSSR count). The minimum atomic E-state index is -0.0743. The molecule has 0 fully saturated rings. The van der Waals surface area contributed by atoms with Gasteiger partial charge in [-0.2, -0.15) is 0 Å². The van der Waals surface area contributed by atoms with Crippen molar-refractivity contribution < 1.29 is 9.53 Å². The fourth-order valence-electron chi connectivity index (χ4n) is 2.87. The van der Waals surface area contributed by atoms with Crippen LogP contribution in [0.2, 0.25) is 0 Å². The van der Waals surface area contributed by atoms with Gasteiger partial charge in [-0.3, -0.25) is 4.79 Å². The molecule has 2 aromatic carbocycles. The van der Waals surface area contributed by atoms with Crippen LogP contribution >= 0.6 is 0 Å². The first-order chi connectivity index (χ1) is 12.7. The highest BCUT2D eigenvalue weighted by atomic mass is 16.5. The molecule has 2 heterocycles. The van der Waals surface area contributed by atoms with Crippen LogP contribution in [0.1, 0.15) is 5.56 Å². The van der Waals surface area contributed by atoms with Crippen molar-refractivity contribution in [3.05, 3.63) is 73.1 Å². The van der Waals surface area contributed by atoms with Gasteiger partial charge in [-0.25, -0.2) is 9.97 Å². The summed E-state index contributed by atoms with van der Waals surface area (Å²) in [5.74, 6) is 1.04. The van der Waals surface area contributed by atoms with E-state index >= 15 is 0 Å². The van der Waals surface area contributed by atoms with Crippen LogP contribution in [-0.4, -0.2) is 15.9 Å². The van der Waals surface area contributed by atoms with Gasteiger partial charge in [-0.1, -0.05) is 30.8 Å². The van der Waals surface area contributed by atoms with Crippen molar-refractivity contribution in [3.8, 4) is 17.0 Å². The summed E-state index contributed by atoms with van der Waals surface area (Å²) in [5.41, 5.74) is 3.96. The Morgan fingerprint density at radius 1 is 1.19 bits per heavy atom. The Labute approximate surface area is 150 Å². The maximum atomic E-state index is 12.1. The van der Waals surface area contributed by atoms with Crippen molar-refractivity contribution in [2.45, 2.75) is 6.42 Å². The predicted molar refractivity (Wildman–Crippen MR) is 100 cm³/mol. The average molecular weight is 344 g/mol. The van der Waals surface area contributed by atoms with Gasteiger partial charge < -0.3 is 15.4 Å². The van der Waals surface area contributed by atoms with Crippen LogP contribution in [0.15, 0.2) is 67.6 Å². The molecule has 0 atom stereocenters. The number of nitrogens with one attached hydrogen (secondary N) is 2. The molecule has 1 aromatic heterocycles. The number of fused-ring (bicyclic) bond motifs is 3. The van der Waals surface area contributed by atoms with Crippen LogP contribution in [0.25, 0.3) is 11.3 Å². The van der Waals surface area contributed by atoms with Crippen molar-refractivity contribution in [2.24, 2.45) is 0 Å². The van der Waals surface area contributed by atoms with Crippen molar-refractivity contribution in [1.29, 1.82) is 0 Å². The maximum Gasteiger partial charge on any atom is 0.228 e. The van der Waals surface area contributed by atoms with E-state index in [0.717, 1.165) is 28.2 Å². The summed E-state index contributed by atoms with van der Waals surface area (Å²) in [5, 5.41) is 6.08. The summed E-state index contributed by atoms with van der Waals surface area (Å²) in [7, 11) is 0. The molecular weight excluding hydrogens is 328 g/mol. The number of aromatic nitrogens is 2. The minimum absolute atomic E-state index is 0.0743. The number of anilines is 3. The molecule has 6 nitrogen and oxygen atoms in total. The van der Waals surface area contributed by atoms with E-state index in [-0.39, 0.29) is 12.3 Å². The Morgan fingerprint density at radius 2 is 2.08 bits per heavy atom. The second-order valence-electron chi connectivity index (χ2n) is 5.78. The first kappa shape index (κ1) is 15.8. The van der Waals surface area contributed by atoms with Gasteiger partial charge in [-0.05, 0) is 18.2 Å². The zero-order valence-electron chi connectivity index (χ0n) is 13.9. The number of rotatable bonds is 4. The van der Waals surface area contributed by atoms with Crippen LogP contribution in [0.3, 0.4) is 0 Å². The number of carbonyl (C=O) groups is 1. The highest BCUT2D eigenvalue weighted by molar-refractivity contribution is 5.99. The van der Waals surface area contributed by atoms with Gasteiger partial charge in [0.1, 0.15) is 5.75 Å². The van der Waals surface area contributed by atoms with E-state index in [1.165, 1.54) is 6.26 Å². The molecule has 128 valence electrons. The lowest BCUT2D eigenvalue weighted by Gasteiger charge is -2.11. The Kier molecular flexibility index (Phi) is 4.07. The number of ether oxygens (including phenoxy) is 1. The summed E-state index contributed by atoms with van der Waals surface area (Å²) in [6.07, 6.45) is 3.31. The molecular formula is C20H16N4O2. The number of para-hydroxylation sites is 1. The molecule has 0 unspecified atom stereocenters. The molecule has 0 saturated carbocycles. The van der Waals surface area contributed by atoms with Crippen LogP contribution in [0, 0.1) is 0 Å². The fourth-order valence-corrected chi connectivity index (χ4v) is 2.87. The molecule has 6 heteroatoms. The molecule has 0 saturated heterocycles. The summed E-state index contributed by atoms with van der Waals surface area (Å²) in [6, 6.07) is 15.0. The third-order valence-corrected chi connectivity index (χ3v) is 3.98. The van der Waals surface area contributed by atoms with Crippen LogP contribution in [-0.2, 0) is 11.2 Å². The highest BCUT2D eigenvalue weighted by Gasteiger charge is 2.20. The van der Waals surface area contributed by atoms with Gasteiger partial charge in [0.05, 0.1) is 24.1 Å². The normalized spacial score (nSPS) is 12.2. The van der Waals surface area contributed by atoms with Crippen molar-refractivity contribution in [2.75, 3.05) is 10.6 Å². The molecule has 0 radical (unpaired) electrons. The average Bonchev–Trinajstić information content (AvgIpc) is 2.78. The second-order valence-corrected chi connectivity index (χ2v) is 5.78. The zero-order valence-corrected chi connectivity index (χ0v) is 13.9. The van der Waals surface area contributed by atoms with E-state index in [1.54, 1.807) is 6.20 Å². The SMILES string of the molecule is C=COc1cccc(Nc2ncc3c(n2)-c2ccccc2NC(=O)C3)c1. The van der Waals surface area contributed by atoms with E-state index in [4.69, 9.17) is 4.74 Å². The van der Waals surface area contributed by atoms with Crippen molar-refractivity contribution >= 4 is 23.2 Å². The monoisotopic (exact) mass is 344 g/mol. The molecule has 1 amide bonds. The number of hydrogen-bond acceptors (Lipinski definition) is 5. The quantitative estimate of drug-likeness (QED) is 0.702. The number of hydrogen-bond donors (Lipinski definition) is 2. The Morgan fingerprint density at radius 3 is 2.96 bits per heavy atom. The Bertz CT molecular complexity index is 1000. The smallest absolute Gasteiger partial charge is 0.228 e. The predicted octanol–water partition coefficient (Wildman–Crippen LogP) is 3.90. The lowest BCUT2D eigenvalue weighted by molar-refractivity contribution is -0.115. The molecule has 3 aromatic rings. The van der Waals surface area contributed by atoms with Gasteiger partial charge in [0.2, 0.25) is 11.9 Å². The van der Waals surface area contributed by atoms with E-state index in [9.17, 15) is 4.79 Å². The van der Waals surface area contributed by atoms with E-state index in [0.29, 0.717) is 11.7 Å². The second kappa shape index (κ2) is 6.68. The Balaban J connectivity index is 1.72. The standard InChI is InChI=1S/C20H16N4O2/c1-2-26-15-7-5-6-14(11-15)22-20-21-12-13-10-18(25)23-17-9-4-3-8-16(17)19(13)24-20/h2-9,11-12H,1,10H2,(H,23,25)(H,21,22,24). The highest BCUT2D eigenvalue weighted by Crippen LogP contribution is 2.33.